The molecule has 2 amide bonds. The lowest BCUT2D eigenvalue weighted by Crippen LogP contribution is -2.22. The minimum absolute atomic E-state index is 0.0359. The van der Waals surface area contributed by atoms with Crippen LogP contribution >= 0.6 is 23.4 Å². The molecule has 1 atom stereocenters. The fourth-order valence-corrected chi connectivity index (χ4v) is 2.72. The highest BCUT2D eigenvalue weighted by molar-refractivity contribution is 8.14. The molecule has 1 aromatic carbocycles. The molecule has 138 valence electrons. The Kier molecular flexibility index (Phi) is 7.10. The third-order valence-electron chi connectivity index (χ3n) is 3.17. The van der Waals surface area contributed by atoms with E-state index in [1.165, 1.54) is 7.11 Å². The van der Waals surface area contributed by atoms with E-state index in [4.69, 9.17) is 21.4 Å². The smallest absolute Gasteiger partial charge is 0.303 e. The van der Waals surface area contributed by atoms with Gasteiger partial charge in [0.2, 0.25) is 11.1 Å². The first-order valence-corrected chi connectivity index (χ1v) is 8.76. The van der Waals surface area contributed by atoms with Crippen LogP contribution in [0.5, 0.6) is 5.75 Å². The largest absolute Gasteiger partial charge is 0.495 e. The Hall–Kier alpha value is -2.46. The number of anilines is 1. The Morgan fingerprint density at radius 3 is 2.85 bits per heavy atom. The number of hydrogen-bond donors (Lipinski definition) is 2. The van der Waals surface area contributed by atoms with Crippen molar-refractivity contribution in [1.29, 1.82) is 0 Å². The number of aliphatic carboxylic acids is 1. The van der Waals surface area contributed by atoms with Crippen molar-refractivity contribution in [2.75, 3.05) is 18.2 Å². The van der Waals surface area contributed by atoms with Crippen LogP contribution in [-0.4, -0.2) is 47.0 Å². The Labute approximate surface area is 157 Å². The minimum atomic E-state index is -1.02. The summed E-state index contributed by atoms with van der Waals surface area (Å²) in [6.45, 7) is 0. The second-order valence-corrected chi connectivity index (χ2v) is 6.46. The summed E-state index contributed by atoms with van der Waals surface area (Å²) in [4.78, 5) is 38.1. The average molecular weight is 399 g/mol. The molecule has 0 aromatic heterocycles. The van der Waals surface area contributed by atoms with Crippen molar-refractivity contribution in [3.05, 3.63) is 23.2 Å². The molecule has 9 nitrogen and oxygen atoms in total. The number of hydrogen-bond acceptors (Lipinski definition) is 7. The van der Waals surface area contributed by atoms with E-state index in [1.807, 2.05) is 0 Å². The predicted molar refractivity (Wildman–Crippen MR) is 97.0 cm³/mol. The summed E-state index contributed by atoms with van der Waals surface area (Å²) in [6.07, 6.45) is -0.161. The third-order valence-corrected chi connectivity index (χ3v) is 4.25. The summed E-state index contributed by atoms with van der Waals surface area (Å²) < 4.78 is 5.14. The predicted octanol–water partition coefficient (Wildman–Crippen LogP) is 2.60. The number of carboxylic acid groups (broad SMARTS) is 1. The van der Waals surface area contributed by atoms with Gasteiger partial charge in [-0.25, -0.2) is 0 Å². The summed E-state index contributed by atoms with van der Waals surface area (Å²) >= 11 is 6.84. The lowest BCUT2D eigenvalue weighted by atomic mass is 10.1. The number of methoxy groups -OCH3 is 1. The highest BCUT2D eigenvalue weighted by Gasteiger charge is 2.23. The number of carbonyl (C=O) groups excluding carboxylic acids is 2. The summed E-state index contributed by atoms with van der Waals surface area (Å²) in [5.41, 5.74) is 0.419. The summed E-state index contributed by atoms with van der Waals surface area (Å²) in [6, 6.07) is 3.92. The molecule has 2 N–H and O–H groups in total. The second-order valence-electron chi connectivity index (χ2n) is 5.08. The van der Waals surface area contributed by atoms with Crippen LogP contribution < -0.4 is 10.1 Å². The van der Waals surface area contributed by atoms with E-state index in [1.54, 1.807) is 18.2 Å². The van der Waals surface area contributed by atoms with E-state index in [2.05, 4.69) is 20.5 Å². The van der Waals surface area contributed by atoms with E-state index in [-0.39, 0.29) is 29.7 Å². The van der Waals surface area contributed by atoms with E-state index < -0.39 is 17.9 Å². The second kappa shape index (κ2) is 9.30. The summed E-state index contributed by atoms with van der Waals surface area (Å²) in [5.74, 6) is -1.56. The van der Waals surface area contributed by atoms with Crippen molar-refractivity contribution in [3.8, 4) is 5.75 Å². The molecule has 0 saturated heterocycles. The quantitative estimate of drug-likeness (QED) is 0.726. The Morgan fingerprint density at radius 2 is 2.19 bits per heavy atom. The van der Waals surface area contributed by atoms with Gasteiger partial charge in [0.15, 0.2) is 6.04 Å². The number of halogens is 1. The zero-order valence-electron chi connectivity index (χ0n) is 13.6. The molecule has 0 fully saturated rings. The van der Waals surface area contributed by atoms with E-state index in [0.29, 0.717) is 16.5 Å². The van der Waals surface area contributed by atoms with Gasteiger partial charge in [0, 0.05) is 11.4 Å². The fourth-order valence-electron chi connectivity index (χ4n) is 1.96. The maximum Gasteiger partial charge on any atom is 0.303 e. The van der Waals surface area contributed by atoms with Crippen molar-refractivity contribution in [2.45, 2.75) is 18.9 Å². The van der Waals surface area contributed by atoms with Crippen LogP contribution in [0.3, 0.4) is 0 Å². The van der Waals surface area contributed by atoms with Gasteiger partial charge in [-0.2, -0.15) is 10.1 Å². The summed E-state index contributed by atoms with van der Waals surface area (Å²) in [5, 5.41) is 19.3. The first-order valence-electron chi connectivity index (χ1n) is 7.40. The van der Waals surface area contributed by atoms with Gasteiger partial charge < -0.3 is 15.2 Å². The van der Waals surface area contributed by atoms with Crippen molar-refractivity contribution >= 4 is 52.0 Å². The van der Waals surface area contributed by atoms with Gasteiger partial charge >= 0.3 is 5.97 Å². The molecule has 0 saturated carbocycles. The highest BCUT2D eigenvalue weighted by atomic mass is 35.5. The molecule has 0 bridgehead atoms. The van der Waals surface area contributed by atoms with Gasteiger partial charge in [-0.15, -0.1) is 5.11 Å². The molecule has 2 rings (SSSR count). The zero-order valence-corrected chi connectivity index (χ0v) is 15.2. The zero-order chi connectivity index (χ0) is 19.1. The lowest BCUT2D eigenvalue weighted by Gasteiger charge is -2.12. The Balaban J connectivity index is 1.87. The number of carbonyl (C=O) groups is 3. The van der Waals surface area contributed by atoms with E-state index >= 15 is 0 Å². The number of carboxylic acids is 1. The van der Waals surface area contributed by atoms with Gasteiger partial charge in [0.1, 0.15) is 5.75 Å². The van der Waals surface area contributed by atoms with Crippen molar-refractivity contribution in [2.24, 2.45) is 15.2 Å². The minimum Gasteiger partial charge on any atom is -0.495 e. The molecule has 11 heteroatoms. The first-order chi connectivity index (χ1) is 12.4. The van der Waals surface area contributed by atoms with Gasteiger partial charge in [0.25, 0.3) is 5.91 Å². The van der Waals surface area contributed by atoms with E-state index in [0.717, 1.165) is 11.8 Å². The molecule has 26 heavy (non-hydrogen) atoms. The van der Waals surface area contributed by atoms with Crippen molar-refractivity contribution < 1.29 is 24.2 Å². The van der Waals surface area contributed by atoms with Gasteiger partial charge in [-0.3, -0.25) is 14.4 Å². The molecule has 0 aliphatic carbocycles. The average Bonchev–Trinajstić information content (AvgIpc) is 2.59. The van der Waals surface area contributed by atoms with Crippen LogP contribution in [-0.2, 0) is 14.4 Å². The monoisotopic (exact) mass is 398 g/mol. The summed E-state index contributed by atoms with van der Waals surface area (Å²) in [7, 11) is 1.47. The Morgan fingerprint density at radius 1 is 1.42 bits per heavy atom. The number of benzene rings is 1. The van der Waals surface area contributed by atoms with Crippen LogP contribution in [0.15, 0.2) is 33.4 Å². The van der Waals surface area contributed by atoms with Gasteiger partial charge in [-0.1, -0.05) is 23.4 Å². The third kappa shape index (κ3) is 5.81. The fraction of sp³-hybridized carbons (Fsp3) is 0.333. The number of nitrogens with zero attached hydrogens (tertiary/aromatic N) is 3. The molecule has 1 aromatic rings. The van der Waals surface area contributed by atoms with Gasteiger partial charge in [0.05, 0.1) is 18.6 Å². The number of ether oxygens (including phenoxy) is 1. The standard InChI is InChI=1S/C15H15ClN4O5S/c1-25-11-4-2-8(16)6-10(11)17-12(21)7-26-15-18-14(24)9(19-20-15)3-5-13(22)23/h2,4,6,9H,3,5,7H2,1H3,(H,17,21)(H,22,23). The molecule has 1 unspecified atom stereocenters. The topological polar surface area (TPSA) is 130 Å². The number of aliphatic imine (C=N–C) groups is 1. The van der Waals surface area contributed by atoms with Crippen molar-refractivity contribution in [3.63, 3.8) is 0 Å². The maximum absolute atomic E-state index is 12.0. The van der Waals surface area contributed by atoms with E-state index in [9.17, 15) is 14.4 Å². The highest BCUT2D eigenvalue weighted by Crippen LogP contribution is 2.28. The first kappa shape index (κ1) is 19.9. The number of nitrogens with one attached hydrogen (secondary N) is 1. The molecule has 0 spiro atoms. The number of amidine groups is 1. The van der Waals surface area contributed by atoms with Crippen LogP contribution in [0.25, 0.3) is 0 Å². The molecule has 1 heterocycles. The van der Waals surface area contributed by atoms with Crippen LogP contribution in [0.4, 0.5) is 5.69 Å². The number of thioether (sulfide) groups is 1. The maximum atomic E-state index is 12.0. The number of rotatable bonds is 7. The van der Waals surface area contributed by atoms with Crippen molar-refractivity contribution in [1.82, 2.24) is 0 Å². The normalized spacial score (nSPS) is 16.2. The van der Waals surface area contributed by atoms with Crippen LogP contribution in [0.1, 0.15) is 12.8 Å². The van der Waals surface area contributed by atoms with Gasteiger partial charge in [-0.05, 0) is 24.6 Å². The van der Waals surface area contributed by atoms with Crippen LogP contribution in [0, 0.1) is 0 Å². The molecular formula is C15H15ClN4O5S. The molecule has 1 aliphatic heterocycles. The van der Waals surface area contributed by atoms with Crippen LogP contribution in [0.2, 0.25) is 5.02 Å². The number of azo groups is 1. The Bertz CT molecular complexity index is 783. The molecule has 1 aliphatic rings. The SMILES string of the molecule is COc1ccc(Cl)cc1NC(=O)CSC1=NC(=O)C(CCC(=O)O)N=N1. The molecule has 0 radical (unpaired) electrons. The number of amides is 2. The molecular weight excluding hydrogens is 384 g/mol. The lowest BCUT2D eigenvalue weighted by molar-refractivity contribution is -0.137.